The summed E-state index contributed by atoms with van der Waals surface area (Å²) in [6.45, 7) is 7.83. The molecule has 0 saturated carbocycles. The van der Waals surface area contributed by atoms with Gasteiger partial charge in [-0.3, -0.25) is 4.79 Å². The predicted molar refractivity (Wildman–Crippen MR) is 92.3 cm³/mol. The van der Waals surface area contributed by atoms with Crippen LogP contribution in [-0.2, 0) is 19.6 Å². The van der Waals surface area contributed by atoms with Gasteiger partial charge in [0.15, 0.2) is 0 Å². The van der Waals surface area contributed by atoms with Gasteiger partial charge in [0.2, 0.25) is 10.0 Å². The lowest BCUT2D eigenvalue weighted by Crippen LogP contribution is -2.51. The number of nitrogens with zero attached hydrogens (tertiary/aromatic N) is 1. The van der Waals surface area contributed by atoms with Gasteiger partial charge in [-0.2, -0.15) is 16.1 Å². The van der Waals surface area contributed by atoms with E-state index >= 15 is 0 Å². The van der Waals surface area contributed by atoms with Crippen LogP contribution in [0.25, 0.3) is 0 Å². The third-order valence-corrected chi connectivity index (χ3v) is 7.05. The minimum Gasteiger partial charge on any atom is -0.465 e. The molecule has 5 nitrogen and oxygen atoms in total. The van der Waals surface area contributed by atoms with E-state index in [1.165, 1.54) is 4.31 Å². The van der Waals surface area contributed by atoms with Crippen LogP contribution >= 0.6 is 11.8 Å². The zero-order chi connectivity index (χ0) is 17.2. The van der Waals surface area contributed by atoms with Gasteiger partial charge in [0.1, 0.15) is 6.04 Å². The molecular formula is C16H23NO4S2. The van der Waals surface area contributed by atoms with Gasteiger partial charge in [-0.1, -0.05) is 17.7 Å². The van der Waals surface area contributed by atoms with Gasteiger partial charge >= 0.3 is 5.97 Å². The highest BCUT2D eigenvalue weighted by Crippen LogP contribution is 2.30. The van der Waals surface area contributed by atoms with Crippen molar-refractivity contribution in [2.75, 3.05) is 24.7 Å². The molecule has 1 aromatic carbocycles. The zero-order valence-corrected chi connectivity index (χ0v) is 15.6. The van der Waals surface area contributed by atoms with Crippen LogP contribution < -0.4 is 0 Å². The molecule has 0 aliphatic carbocycles. The summed E-state index contributed by atoms with van der Waals surface area (Å²) in [4.78, 5) is 12.5. The number of benzene rings is 1. The summed E-state index contributed by atoms with van der Waals surface area (Å²) in [5.74, 6) is 0.645. The fourth-order valence-corrected chi connectivity index (χ4v) is 6.23. The van der Waals surface area contributed by atoms with E-state index in [9.17, 15) is 13.2 Å². The highest BCUT2D eigenvalue weighted by atomic mass is 32.2. The van der Waals surface area contributed by atoms with Gasteiger partial charge in [-0.05, 0) is 38.8 Å². The molecule has 23 heavy (non-hydrogen) atoms. The number of rotatable bonds is 4. The Bertz CT molecular complexity index is 677. The van der Waals surface area contributed by atoms with Crippen molar-refractivity contribution in [3.05, 3.63) is 28.8 Å². The maximum absolute atomic E-state index is 13.2. The predicted octanol–water partition coefficient (Wildman–Crippen LogP) is 2.28. The second kappa shape index (κ2) is 7.23. The molecule has 1 atom stereocenters. The second-order valence-corrected chi connectivity index (χ2v) is 8.66. The quantitative estimate of drug-likeness (QED) is 0.774. The van der Waals surface area contributed by atoms with Crippen molar-refractivity contribution in [2.24, 2.45) is 0 Å². The molecule has 0 unspecified atom stereocenters. The van der Waals surface area contributed by atoms with Crippen LogP contribution in [0.15, 0.2) is 17.0 Å². The van der Waals surface area contributed by atoms with E-state index in [-0.39, 0.29) is 6.61 Å². The van der Waals surface area contributed by atoms with Crippen LogP contribution in [0.4, 0.5) is 0 Å². The molecule has 0 N–H and O–H groups in total. The first kappa shape index (κ1) is 18.3. The molecule has 2 rings (SSSR count). The van der Waals surface area contributed by atoms with E-state index in [4.69, 9.17) is 4.74 Å². The fourth-order valence-electron chi connectivity index (χ4n) is 2.99. The Kier molecular flexibility index (Phi) is 5.75. The van der Waals surface area contributed by atoms with Gasteiger partial charge < -0.3 is 4.74 Å². The molecule has 0 radical (unpaired) electrons. The van der Waals surface area contributed by atoms with Crippen molar-refractivity contribution >= 4 is 27.8 Å². The summed E-state index contributed by atoms with van der Waals surface area (Å²) in [6.07, 6.45) is 0. The summed E-state index contributed by atoms with van der Waals surface area (Å²) in [7, 11) is -3.73. The standard InChI is InChI=1S/C16H23NO4S2/c1-5-21-16(18)14-10-22-7-6-17(14)23(19,20)15-12(3)8-11(2)9-13(15)4/h8-9,14H,5-7,10H2,1-4H3/t14-/m0/s1. The molecule has 1 aliphatic rings. The smallest absolute Gasteiger partial charge is 0.325 e. The Morgan fingerprint density at radius 2 is 1.91 bits per heavy atom. The number of ether oxygens (including phenoxy) is 1. The van der Waals surface area contributed by atoms with Crippen molar-refractivity contribution in [3.8, 4) is 0 Å². The summed E-state index contributed by atoms with van der Waals surface area (Å²) in [5.41, 5.74) is 2.45. The van der Waals surface area contributed by atoms with Gasteiger partial charge in [0.05, 0.1) is 11.5 Å². The second-order valence-electron chi connectivity index (χ2n) is 5.69. The molecule has 0 bridgehead atoms. The monoisotopic (exact) mass is 357 g/mol. The average molecular weight is 357 g/mol. The number of thioether (sulfide) groups is 1. The molecule has 1 heterocycles. The first-order valence-corrected chi connectivity index (χ1v) is 10.2. The van der Waals surface area contributed by atoms with Crippen LogP contribution in [0, 0.1) is 20.8 Å². The van der Waals surface area contributed by atoms with Crippen LogP contribution in [0.5, 0.6) is 0 Å². The highest BCUT2D eigenvalue weighted by Gasteiger charge is 2.40. The fraction of sp³-hybridized carbons (Fsp3) is 0.562. The largest absolute Gasteiger partial charge is 0.465 e. The molecule has 128 valence electrons. The average Bonchev–Trinajstić information content (AvgIpc) is 2.46. The Morgan fingerprint density at radius 3 is 2.48 bits per heavy atom. The number of carbonyl (C=O) groups excluding carboxylic acids is 1. The number of esters is 1. The van der Waals surface area contributed by atoms with Gasteiger partial charge in [0, 0.05) is 18.1 Å². The minimum atomic E-state index is -3.73. The number of carbonyl (C=O) groups is 1. The van der Waals surface area contributed by atoms with Crippen molar-refractivity contribution in [1.82, 2.24) is 4.31 Å². The summed E-state index contributed by atoms with van der Waals surface area (Å²) in [5, 5.41) is 0. The number of aryl methyl sites for hydroxylation is 3. The first-order valence-electron chi connectivity index (χ1n) is 7.63. The molecule has 1 aromatic rings. The lowest BCUT2D eigenvalue weighted by molar-refractivity contribution is -0.146. The lowest BCUT2D eigenvalue weighted by atomic mass is 10.1. The topological polar surface area (TPSA) is 63.7 Å². The molecular weight excluding hydrogens is 334 g/mol. The highest BCUT2D eigenvalue weighted by molar-refractivity contribution is 7.99. The Morgan fingerprint density at radius 1 is 1.30 bits per heavy atom. The van der Waals surface area contributed by atoms with Crippen LogP contribution in [0.3, 0.4) is 0 Å². The molecule has 1 aliphatic heterocycles. The SMILES string of the molecule is CCOC(=O)[C@@H]1CSCCN1S(=O)(=O)c1c(C)cc(C)cc1C. The molecule has 0 aromatic heterocycles. The molecule has 0 spiro atoms. The zero-order valence-electron chi connectivity index (χ0n) is 14.0. The van der Waals surface area contributed by atoms with Gasteiger partial charge in [-0.15, -0.1) is 0 Å². The van der Waals surface area contributed by atoms with Gasteiger partial charge in [0.25, 0.3) is 0 Å². The normalized spacial score (nSPS) is 19.6. The summed E-state index contributed by atoms with van der Waals surface area (Å²) >= 11 is 1.58. The van der Waals surface area contributed by atoms with Crippen LogP contribution in [0.2, 0.25) is 0 Å². The van der Waals surface area contributed by atoms with Crippen molar-refractivity contribution in [1.29, 1.82) is 0 Å². The lowest BCUT2D eigenvalue weighted by Gasteiger charge is -2.33. The Balaban J connectivity index is 2.46. The van der Waals surface area contributed by atoms with E-state index in [1.54, 1.807) is 32.5 Å². The van der Waals surface area contributed by atoms with Crippen molar-refractivity contribution in [3.63, 3.8) is 0 Å². The van der Waals surface area contributed by atoms with Crippen molar-refractivity contribution < 1.29 is 17.9 Å². The van der Waals surface area contributed by atoms with Gasteiger partial charge in [-0.25, -0.2) is 8.42 Å². The third-order valence-electron chi connectivity index (χ3n) is 3.81. The minimum absolute atomic E-state index is 0.247. The number of sulfonamides is 1. The van der Waals surface area contributed by atoms with Crippen LogP contribution in [0.1, 0.15) is 23.6 Å². The van der Waals surface area contributed by atoms with Crippen LogP contribution in [-0.4, -0.2) is 49.4 Å². The number of hydrogen-bond donors (Lipinski definition) is 0. The number of hydrogen-bond acceptors (Lipinski definition) is 5. The molecule has 0 amide bonds. The third kappa shape index (κ3) is 3.72. The summed E-state index contributed by atoms with van der Waals surface area (Å²) in [6, 6.07) is 2.97. The molecule has 1 fully saturated rings. The van der Waals surface area contributed by atoms with E-state index in [2.05, 4.69) is 0 Å². The summed E-state index contributed by atoms with van der Waals surface area (Å²) < 4.78 is 32.7. The van der Waals surface area contributed by atoms with E-state index in [0.29, 0.717) is 34.1 Å². The van der Waals surface area contributed by atoms with E-state index in [1.807, 2.05) is 19.1 Å². The Labute approximate surface area is 142 Å². The first-order chi connectivity index (χ1) is 10.8. The Hall–Kier alpha value is -1.05. The van der Waals surface area contributed by atoms with E-state index < -0.39 is 22.0 Å². The van der Waals surface area contributed by atoms with Crippen molar-refractivity contribution in [2.45, 2.75) is 38.6 Å². The maximum atomic E-state index is 13.2. The molecule has 1 saturated heterocycles. The molecule has 7 heteroatoms. The van der Waals surface area contributed by atoms with E-state index in [0.717, 1.165) is 5.56 Å². The maximum Gasteiger partial charge on any atom is 0.325 e.